The molecule has 2 aromatic rings. The first-order chi connectivity index (χ1) is 15.6. The van der Waals surface area contributed by atoms with E-state index >= 15 is 0 Å². The van der Waals surface area contributed by atoms with Crippen LogP contribution in [0.4, 0.5) is 0 Å². The van der Waals surface area contributed by atoms with E-state index in [-0.39, 0.29) is 22.1 Å². The van der Waals surface area contributed by atoms with Gasteiger partial charge >= 0.3 is 0 Å². The maximum absolute atomic E-state index is 13.8. The van der Waals surface area contributed by atoms with E-state index in [2.05, 4.69) is 35.8 Å². The number of fused-ring (bicyclic) bond motifs is 1. The molecular formula is C24H30Cl3N3O2S. The van der Waals surface area contributed by atoms with Crippen LogP contribution in [0.25, 0.3) is 0 Å². The number of rotatable bonds is 5. The second-order valence-corrected chi connectivity index (χ2v) is 12.4. The summed E-state index contributed by atoms with van der Waals surface area (Å²) in [5.41, 5.74) is 1.90. The maximum atomic E-state index is 13.8. The largest absolute Gasteiger partial charge is 0.296 e. The lowest BCUT2D eigenvalue weighted by Gasteiger charge is -2.53. The van der Waals surface area contributed by atoms with Crippen LogP contribution in [0.1, 0.15) is 31.4 Å². The lowest BCUT2D eigenvalue weighted by Crippen LogP contribution is -2.68. The van der Waals surface area contributed by atoms with Crippen molar-refractivity contribution in [3.63, 3.8) is 0 Å². The minimum atomic E-state index is -3.80. The summed E-state index contributed by atoms with van der Waals surface area (Å²) in [4.78, 5) is 4.87. The molecule has 2 aliphatic heterocycles. The smallest absolute Gasteiger partial charge is 0.245 e. The SMILES string of the molecule is Cc1cc(S(=O)(=O)N2CCCN3C(Cc4ccc(Cl)cc4)CN(C(C)C)CC32)c(Cl)cc1Cl. The molecule has 5 nitrogen and oxygen atoms in total. The topological polar surface area (TPSA) is 43.9 Å². The Hall–Kier alpha value is -0.860. The Balaban J connectivity index is 1.68. The summed E-state index contributed by atoms with van der Waals surface area (Å²) in [6.45, 7) is 9.02. The quantitative estimate of drug-likeness (QED) is 0.525. The number of benzene rings is 2. The summed E-state index contributed by atoms with van der Waals surface area (Å²) in [6, 6.07) is 11.6. The summed E-state index contributed by atoms with van der Waals surface area (Å²) in [5.74, 6) is 0. The van der Waals surface area contributed by atoms with E-state index in [0.29, 0.717) is 29.7 Å². The van der Waals surface area contributed by atoms with Crippen molar-refractivity contribution < 1.29 is 8.42 Å². The zero-order chi connectivity index (χ0) is 23.9. The van der Waals surface area contributed by atoms with E-state index in [1.165, 1.54) is 11.6 Å². The van der Waals surface area contributed by atoms with Gasteiger partial charge in [0.05, 0.1) is 11.2 Å². The zero-order valence-electron chi connectivity index (χ0n) is 19.1. The van der Waals surface area contributed by atoms with Crippen molar-refractivity contribution in [1.82, 2.24) is 14.1 Å². The van der Waals surface area contributed by atoms with Crippen LogP contribution in [0.5, 0.6) is 0 Å². The van der Waals surface area contributed by atoms with Crippen LogP contribution in [-0.2, 0) is 16.4 Å². The molecular weight excluding hydrogens is 501 g/mol. The van der Waals surface area contributed by atoms with Gasteiger partial charge in [0.2, 0.25) is 10.0 Å². The summed E-state index contributed by atoms with van der Waals surface area (Å²) in [6.07, 6.45) is 1.37. The first kappa shape index (κ1) is 25.2. The molecule has 0 amide bonds. The molecule has 2 aromatic carbocycles. The van der Waals surface area contributed by atoms with Gasteiger partial charge in [-0.05, 0) is 69.0 Å². The molecule has 2 saturated heterocycles. The average Bonchev–Trinajstić information content (AvgIpc) is 2.77. The van der Waals surface area contributed by atoms with Gasteiger partial charge in [-0.1, -0.05) is 46.9 Å². The predicted octanol–water partition coefficient (Wildman–Crippen LogP) is 5.31. The van der Waals surface area contributed by atoms with E-state index in [1.54, 1.807) is 17.3 Å². The van der Waals surface area contributed by atoms with Gasteiger partial charge in [-0.25, -0.2) is 8.42 Å². The Bertz CT molecular complexity index is 1110. The Morgan fingerprint density at radius 1 is 1.00 bits per heavy atom. The van der Waals surface area contributed by atoms with Crippen LogP contribution in [0.3, 0.4) is 0 Å². The fourth-order valence-electron chi connectivity index (χ4n) is 4.89. The molecule has 2 fully saturated rings. The maximum Gasteiger partial charge on any atom is 0.245 e. The van der Waals surface area contributed by atoms with E-state index in [0.717, 1.165) is 31.0 Å². The van der Waals surface area contributed by atoms with Crippen molar-refractivity contribution in [3.05, 3.63) is 62.6 Å². The van der Waals surface area contributed by atoms with Gasteiger partial charge in [-0.2, -0.15) is 4.31 Å². The second-order valence-electron chi connectivity index (χ2n) is 9.25. The Kier molecular flexibility index (Phi) is 7.66. The molecule has 0 spiro atoms. The van der Waals surface area contributed by atoms with Crippen LogP contribution in [0.15, 0.2) is 41.3 Å². The molecule has 2 aliphatic rings. The minimum absolute atomic E-state index is 0.129. The number of hydrogen-bond donors (Lipinski definition) is 0. The van der Waals surface area contributed by atoms with E-state index in [9.17, 15) is 8.42 Å². The monoisotopic (exact) mass is 529 g/mol. The number of halogens is 3. The second kappa shape index (κ2) is 10.0. The highest BCUT2D eigenvalue weighted by Gasteiger charge is 2.45. The van der Waals surface area contributed by atoms with Gasteiger partial charge < -0.3 is 0 Å². The van der Waals surface area contributed by atoms with Crippen molar-refractivity contribution in [3.8, 4) is 0 Å². The van der Waals surface area contributed by atoms with E-state index < -0.39 is 10.0 Å². The van der Waals surface area contributed by atoms with Crippen molar-refractivity contribution in [2.24, 2.45) is 0 Å². The molecule has 9 heteroatoms. The van der Waals surface area contributed by atoms with Crippen molar-refractivity contribution in [2.75, 3.05) is 26.2 Å². The summed E-state index contributed by atoms with van der Waals surface area (Å²) in [5, 5.41) is 1.34. The van der Waals surface area contributed by atoms with Gasteiger partial charge in [0.1, 0.15) is 4.90 Å². The average molecular weight is 531 g/mol. The Morgan fingerprint density at radius 3 is 2.36 bits per heavy atom. The first-order valence-electron chi connectivity index (χ1n) is 11.3. The zero-order valence-corrected chi connectivity index (χ0v) is 22.2. The van der Waals surface area contributed by atoms with Gasteiger partial charge in [0, 0.05) is 48.3 Å². The highest BCUT2D eigenvalue weighted by atomic mass is 35.5. The fourth-order valence-corrected chi connectivity index (χ4v) is 7.45. The molecule has 2 heterocycles. The number of hydrogen-bond acceptors (Lipinski definition) is 4. The number of aryl methyl sites for hydroxylation is 1. The Morgan fingerprint density at radius 2 is 1.70 bits per heavy atom. The Labute approximate surface area is 212 Å². The highest BCUT2D eigenvalue weighted by Crippen LogP contribution is 2.35. The minimum Gasteiger partial charge on any atom is -0.296 e. The molecule has 2 unspecified atom stereocenters. The molecule has 4 rings (SSSR count). The van der Waals surface area contributed by atoms with Crippen LogP contribution < -0.4 is 0 Å². The third-order valence-corrected chi connectivity index (χ3v) is 9.76. The predicted molar refractivity (Wildman–Crippen MR) is 136 cm³/mol. The molecule has 0 aliphatic carbocycles. The normalized spacial score (nSPS) is 23.1. The molecule has 2 atom stereocenters. The number of piperazine rings is 1. The van der Waals surface area contributed by atoms with Gasteiger partial charge in [-0.15, -0.1) is 0 Å². The van der Waals surface area contributed by atoms with Crippen molar-refractivity contribution in [1.29, 1.82) is 0 Å². The molecule has 180 valence electrons. The fraction of sp³-hybridized carbons (Fsp3) is 0.500. The van der Waals surface area contributed by atoms with Gasteiger partial charge in [-0.3, -0.25) is 9.80 Å². The number of nitrogens with zero attached hydrogens (tertiary/aromatic N) is 3. The number of sulfonamides is 1. The van der Waals surface area contributed by atoms with Gasteiger partial charge in [0.25, 0.3) is 0 Å². The molecule has 0 aromatic heterocycles. The molecule has 0 saturated carbocycles. The van der Waals surface area contributed by atoms with Crippen LogP contribution in [0.2, 0.25) is 15.1 Å². The summed E-state index contributed by atoms with van der Waals surface area (Å²) >= 11 is 18.6. The lowest BCUT2D eigenvalue weighted by molar-refractivity contribution is -0.0563. The standard InChI is InChI=1S/C24H30Cl3N3O2S/c1-16(2)28-14-20(12-18-5-7-19(25)8-6-18)29-9-4-10-30(24(29)15-28)33(31,32)23-11-17(3)21(26)13-22(23)27/h5-8,11,13,16,20,24H,4,9-10,12,14-15H2,1-3H3. The highest BCUT2D eigenvalue weighted by molar-refractivity contribution is 7.89. The molecule has 0 radical (unpaired) electrons. The van der Waals surface area contributed by atoms with Crippen molar-refractivity contribution >= 4 is 44.8 Å². The lowest BCUT2D eigenvalue weighted by atomic mass is 9.98. The molecule has 0 N–H and O–H groups in total. The third kappa shape index (κ3) is 5.22. The van der Waals surface area contributed by atoms with Crippen LogP contribution >= 0.6 is 34.8 Å². The van der Waals surface area contributed by atoms with Crippen LogP contribution in [0, 0.1) is 6.92 Å². The first-order valence-corrected chi connectivity index (χ1v) is 13.9. The molecule has 33 heavy (non-hydrogen) atoms. The van der Waals surface area contributed by atoms with Crippen LogP contribution in [-0.4, -0.2) is 67.0 Å². The summed E-state index contributed by atoms with van der Waals surface area (Å²) in [7, 11) is -3.80. The third-order valence-electron chi connectivity index (χ3n) is 6.74. The van der Waals surface area contributed by atoms with Crippen molar-refractivity contribution in [2.45, 2.75) is 56.8 Å². The van der Waals surface area contributed by atoms with E-state index in [4.69, 9.17) is 34.8 Å². The molecule has 0 bridgehead atoms. The van der Waals surface area contributed by atoms with E-state index in [1.807, 2.05) is 12.1 Å². The summed E-state index contributed by atoms with van der Waals surface area (Å²) < 4.78 is 29.3. The van der Waals surface area contributed by atoms with Gasteiger partial charge in [0.15, 0.2) is 0 Å².